The van der Waals surface area contributed by atoms with Crippen LogP contribution >= 0.6 is 0 Å². The van der Waals surface area contributed by atoms with Gasteiger partial charge in [-0.25, -0.2) is 4.98 Å². The number of hydrogen-bond acceptors (Lipinski definition) is 4. The van der Waals surface area contributed by atoms with E-state index in [2.05, 4.69) is 15.4 Å². The quantitative estimate of drug-likeness (QED) is 0.918. The van der Waals surface area contributed by atoms with Crippen LogP contribution in [0.1, 0.15) is 21.7 Å². The third-order valence-corrected chi connectivity index (χ3v) is 2.43. The van der Waals surface area contributed by atoms with E-state index in [0.717, 1.165) is 6.07 Å². The van der Waals surface area contributed by atoms with Crippen molar-refractivity contribution in [2.24, 2.45) is 7.05 Å². The second-order valence-electron chi connectivity index (χ2n) is 4.06. The van der Waals surface area contributed by atoms with Crippen molar-refractivity contribution in [3.8, 4) is 6.07 Å². The lowest BCUT2D eigenvalue weighted by Gasteiger charge is -2.08. The third kappa shape index (κ3) is 3.36. The van der Waals surface area contributed by atoms with Crippen molar-refractivity contribution in [2.45, 2.75) is 6.18 Å². The fourth-order valence-electron chi connectivity index (χ4n) is 1.52. The molecule has 6 nitrogen and oxygen atoms in total. The van der Waals surface area contributed by atoms with E-state index in [1.165, 1.54) is 10.7 Å². The zero-order valence-corrected chi connectivity index (χ0v) is 10.6. The Bertz CT molecular complexity index is 729. The Kier molecular flexibility index (Phi) is 3.62. The van der Waals surface area contributed by atoms with Gasteiger partial charge in [-0.2, -0.15) is 23.5 Å². The summed E-state index contributed by atoms with van der Waals surface area (Å²) in [6.07, 6.45) is -3.19. The number of carbonyl (C=O) groups excluding carboxylic acids is 1. The lowest BCUT2D eigenvalue weighted by atomic mass is 10.2. The van der Waals surface area contributed by atoms with Crippen LogP contribution in [0.2, 0.25) is 0 Å². The third-order valence-electron chi connectivity index (χ3n) is 2.43. The molecule has 1 N–H and O–H groups in total. The number of aromatic nitrogens is 3. The molecule has 2 heterocycles. The van der Waals surface area contributed by atoms with Gasteiger partial charge >= 0.3 is 6.18 Å². The molecule has 0 saturated heterocycles. The molecule has 2 aromatic heterocycles. The molecule has 0 spiro atoms. The summed E-state index contributed by atoms with van der Waals surface area (Å²) in [6, 6.07) is 4.59. The van der Waals surface area contributed by atoms with Gasteiger partial charge in [0, 0.05) is 19.3 Å². The minimum absolute atomic E-state index is 0.167. The zero-order chi connectivity index (χ0) is 15.6. The Morgan fingerprint density at radius 3 is 2.67 bits per heavy atom. The van der Waals surface area contributed by atoms with Crippen molar-refractivity contribution in [1.82, 2.24) is 14.8 Å². The molecule has 0 aromatic carbocycles. The highest BCUT2D eigenvalue weighted by molar-refractivity contribution is 6.02. The monoisotopic (exact) mass is 295 g/mol. The second-order valence-corrected chi connectivity index (χ2v) is 4.06. The van der Waals surface area contributed by atoms with Crippen LogP contribution in [0, 0.1) is 11.3 Å². The van der Waals surface area contributed by atoms with Gasteiger partial charge in [0.2, 0.25) is 0 Å². The van der Waals surface area contributed by atoms with Gasteiger partial charge < -0.3 is 5.32 Å². The smallest absolute Gasteiger partial charge is 0.304 e. The summed E-state index contributed by atoms with van der Waals surface area (Å²) in [4.78, 5) is 15.1. The maximum absolute atomic E-state index is 12.7. The molecular formula is C12H8F3N5O. The van der Waals surface area contributed by atoms with Gasteiger partial charge in [-0.05, 0) is 12.1 Å². The number of hydrogen-bond donors (Lipinski definition) is 1. The molecule has 108 valence electrons. The molecule has 9 heteroatoms. The molecule has 0 saturated carbocycles. The minimum atomic E-state index is -4.74. The number of nitrogens with one attached hydrogen (secondary N) is 1. The first-order chi connectivity index (χ1) is 9.79. The van der Waals surface area contributed by atoms with E-state index >= 15 is 0 Å². The molecular weight excluding hydrogens is 287 g/mol. The zero-order valence-electron chi connectivity index (χ0n) is 10.6. The van der Waals surface area contributed by atoms with Gasteiger partial charge in [0.1, 0.15) is 11.4 Å². The number of rotatable bonds is 2. The molecule has 0 bridgehead atoms. The number of carbonyl (C=O) groups is 1. The van der Waals surface area contributed by atoms with Gasteiger partial charge in [0.15, 0.2) is 5.82 Å². The van der Waals surface area contributed by atoms with Gasteiger partial charge in [0.05, 0.1) is 11.6 Å². The average molecular weight is 295 g/mol. The van der Waals surface area contributed by atoms with Crippen molar-refractivity contribution in [1.29, 1.82) is 5.26 Å². The summed E-state index contributed by atoms with van der Waals surface area (Å²) < 4.78 is 39.4. The van der Waals surface area contributed by atoms with Crippen molar-refractivity contribution in [3.05, 3.63) is 41.3 Å². The van der Waals surface area contributed by atoms with Crippen LogP contribution in [0.15, 0.2) is 24.4 Å². The predicted octanol–water partition coefficient (Wildman–Crippen LogP) is 1.96. The van der Waals surface area contributed by atoms with Crippen molar-refractivity contribution < 1.29 is 18.0 Å². The van der Waals surface area contributed by atoms with Gasteiger partial charge in [0.25, 0.3) is 5.91 Å². The normalized spacial score (nSPS) is 11.0. The molecule has 0 aliphatic rings. The molecule has 1 amide bonds. The number of halogens is 3. The van der Waals surface area contributed by atoms with Crippen LogP contribution in [0.25, 0.3) is 0 Å². The lowest BCUT2D eigenvalue weighted by molar-refractivity contribution is -0.141. The molecule has 2 aromatic rings. The van der Waals surface area contributed by atoms with Gasteiger partial charge in [-0.15, -0.1) is 0 Å². The second kappa shape index (κ2) is 5.24. The first kappa shape index (κ1) is 14.5. The van der Waals surface area contributed by atoms with Gasteiger partial charge in [-0.1, -0.05) is 0 Å². The number of nitrogens with zero attached hydrogens (tertiary/aromatic N) is 4. The van der Waals surface area contributed by atoms with Crippen LogP contribution in [0.4, 0.5) is 19.0 Å². The topological polar surface area (TPSA) is 83.6 Å². The first-order valence-corrected chi connectivity index (χ1v) is 5.60. The molecule has 0 atom stereocenters. The van der Waals surface area contributed by atoms with Crippen molar-refractivity contribution in [2.75, 3.05) is 5.32 Å². The number of pyridine rings is 1. The van der Waals surface area contributed by atoms with E-state index in [9.17, 15) is 18.0 Å². The predicted molar refractivity (Wildman–Crippen MR) is 65.1 cm³/mol. The highest BCUT2D eigenvalue weighted by atomic mass is 19.4. The fourth-order valence-corrected chi connectivity index (χ4v) is 1.52. The highest BCUT2D eigenvalue weighted by Crippen LogP contribution is 2.28. The maximum Gasteiger partial charge on any atom is 0.433 e. The van der Waals surface area contributed by atoms with Crippen molar-refractivity contribution >= 4 is 11.7 Å². The van der Waals surface area contributed by atoms with Crippen LogP contribution in [0.5, 0.6) is 0 Å². The Morgan fingerprint density at radius 2 is 2.14 bits per heavy atom. The molecule has 0 unspecified atom stereocenters. The summed E-state index contributed by atoms with van der Waals surface area (Å²) >= 11 is 0. The number of aryl methyl sites for hydroxylation is 1. The summed E-state index contributed by atoms with van der Waals surface area (Å²) in [7, 11) is 1.62. The number of nitriles is 1. The van der Waals surface area contributed by atoms with Crippen molar-refractivity contribution in [3.63, 3.8) is 0 Å². The van der Waals surface area contributed by atoms with E-state index in [0.29, 0.717) is 6.07 Å². The van der Waals surface area contributed by atoms with E-state index < -0.39 is 23.5 Å². The SMILES string of the molecule is Cn1ccc(NC(=O)c2cc(C#N)cc(C(F)(F)F)n2)n1. The molecule has 2 rings (SSSR count). The highest BCUT2D eigenvalue weighted by Gasteiger charge is 2.33. The Balaban J connectivity index is 2.34. The first-order valence-electron chi connectivity index (χ1n) is 5.60. The van der Waals surface area contributed by atoms with E-state index in [-0.39, 0.29) is 11.4 Å². The summed E-state index contributed by atoms with van der Waals surface area (Å²) in [5.74, 6) is -0.712. The molecule has 0 aliphatic heterocycles. The molecule has 21 heavy (non-hydrogen) atoms. The van der Waals surface area contributed by atoms with Gasteiger partial charge in [-0.3, -0.25) is 9.48 Å². The standard InChI is InChI=1S/C12H8F3N5O/c1-20-3-2-10(19-20)18-11(21)8-4-7(6-16)5-9(17-8)12(13,14)15/h2-5H,1H3,(H,18,19,21). The Hall–Kier alpha value is -2.89. The molecule has 0 fully saturated rings. The summed E-state index contributed by atoms with van der Waals surface area (Å²) in [5, 5.41) is 14.9. The van der Waals surface area contributed by atoms with E-state index in [1.54, 1.807) is 19.3 Å². The lowest BCUT2D eigenvalue weighted by Crippen LogP contribution is -2.18. The number of amides is 1. The largest absolute Gasteiger partial charge is 0.433 e. The van der Waals surface area contributed by atoms with E-state index in [1.807, 2.05) is 0 Å². The van der Waals surface area contributed by atoms with E-state index in [4.69, 9.17) is 5.26 Å². The Morgan fingerprint density at radius 1 is 1.43 bits per heavy atom. The fraction of sp³-hybridized carbons (Fsp3) is 0.167. The Labute approximate surface area is 116 Å². The van der Waals surface area contributed by atoms with Crippen LogP contribution < -0.4 is 5.32 Å². The summed E-state index contributed by atoms with van der Waals surface area (Å²) in [5.41, 5.74) is -2.11. The maximum atomic E-state index is 12.7. The van der Waals surface area contributed by atoms with Crippen LogP contribution in [-0.2, 0) is 13.2 Å². The van der Waals surface area contributed by atoms with Crippen LogP contribution in [-0.4, -0.2) is 20.7 Å². The van der Waals surface area contributed by atoms with Crippen LogP contribution in [0.3, 0.4) is 0 Å². The number of anilines is 1. The minimum Gasteiger partial charge on any atom is -0.304 e. The summed E-state index contributed by atoms with van der Waals surface area (Å²) in [6.45, 7) is 0. The number of alkyl halides is 3. The molecule has 0 aliphatic carbocycles. The molecule has 0 radical (unpaired) electrons. The average Bonchev–Trinajstić information content (AvgIpc) is 2.82.